The van der Waals surface area contributed by atoms with E-state index in [2.05, 4.69) is 13.2 Å². The van der Waals surface area contributed by atoms with Crippen molar-refractivity contribution in [2.75, 3.05) is 6.61 Å². The van der Waals surface area contributed by atoms with Crippen LogP contribution in [0.15, 0.2) is 25.3 Å². The molecule has 0 heterocycles. The smallest absolute Gasteiger partial charge is 0.0509 e. The van der Waals surface area contributed by atoms with E-state index in [1.165, 1.54) is 0 Å². The Labute approximate surface area is 89.0 Å². The second-order valence-corrected chi connectivity index (χ2v) is 3.31. The summed E-state index contributed by atoms with van der Waals surface area (Å²) in [5.74, 6) is 0.440. The Bertz CT molecular complexity index is 92.9. The van der Waals surface area contributed by atoms with Crippen molar-refractivity contribution in [2.24, 2.45) is 5.92 Å². The van der Waals surface area contributed by atoms with Crippen LogP contribution in [0.1, 0.15) is 34.1 Å². The fourth-order valence-electron chi connectivity index (χ4n) is 0. The third kappa shape index (κ3) is 63.7. The largest absolute Gasteiger partial charge is 0.396 e. The molecule has 0 aliphatic carbocycles. The number of hydrogen-bond acceptors (Lipinski definition) is 2. The van der Waals surface area contributed by atoms with Crippen LogP contribution in [0.2, 0.25) is 0 Å². The molecule has 0 aromatic carbocycles. The van der Waals surface area contributed by atoms with Crippen molar-refractivity contribution >= 4 is 0 Å². The van der Waals surface area contributed by atoms with E-state index < -0.39 is 0 Å². The van der Waals surface area contributed by atoms with E-state index in [1.54, 1.807) is 19.1 Å². The molecule has 0 rings (SSSR count). The molecular formula is C12H26O2. The molecule has 2 N–H and O–H groups in total. The maximum Gasteiger partial charge on any atom is 0.0509 e. The van der Waals surface area contributed by atoms with Crippen molar-refractivity contribution in [2.45, 2.75) is 40.2 Å². The van der Waals surface area contributed by atoms with Gasteiger partial charge in [-0.15, -0.1) is 0 Å². The van der Waals surface area contributed by atoms with Gasteiger partial charge in [0.2, 0.25) is 0 Å². The van der Waals surface area contributed by atoms with Gasteiger partial charge < -0.3 is 10.2 Å². The molecule has 0 spiro atoms. The van der Waals surface area contributed by atoms with E-state index in [0.29, 0.717) is 12.5 Å². The molecule has 1 unspecified atom stereocenters. The first-order valence-corrected chi connectivity index (χ1v) is 4.98. The van der Waals surface area contributed by atoms with Crippen LogP contribution in [0.3, 0.4) is 0 Å². The molecule has 0 aliphatic rings. The summed E-state index contributed by atoms with van der Waals surface area (Å²) in [4.78, 5) is 0. The van der Waals surface area contributed by atoms with Gasteiger partial charge in [-0.05, 0) is 19.3 Å². The molecule has 0 radical (unpaired) electrons. The van der Waals surface area contributed by atoms with Crippen LogP contribution >= 0.6 is 0 Å². The molecule has 2 heteroatoms. The predicted octanol–water partition coefficient (Wildman–Crippen LogP) is 2.77. The van der Waals surface area contributed by atoms with Gasteiger partial charge in [0.15, 0.2) is 0 Å². The van der Waals surface area contributed by atoms with E-state index in [1.807, 2.05) is 20.8 Å². The first-order chi connectivity index (χ1) is 6.45. The van der Waals surface area contributed by atoms with Gasteiger partial charge in [0.05, 0.1) is 6.10 Å². The summed E-state index contributed by atoms with van der Waals surface area (Å²) in [5, 5.41) is 16.5. The van der Waals surface area contributed by atoms with E-state index in [-0.39, 0.29) is 6.10 Å². The minimum Gasteiger partial charge on any atom is -0.396 e. The maximum atomic E-state index is 8.36. The van der Waals surface area contributed by atoms with Gasteiger partial charge in [0.25, 0.3) is 0 Å². The highest BCUT2D eigenvalue weighted by Gasteiger charge is 1.82. The van der Waals surface area contributed by atoms with Crippen LogP contribution in [-0.4, -0.2) is 22.9 Å². The van der Waals surface area contributed by atoms with Crippen molar-refractivity contribution in [3.63, 3.8) is 0 Å². The molecule has 0 bridgehead atoms. The Balaban J connectivity index is -0.000000131. The standard InChI is InChI=1S/2C4H10O.C4H6/c1-4(2)3-5;1-3-4(2)5;1-3-4-2/h2*4-5H,3H2,1-2H3;3-4H,1-2H2. The molecule has 86 valence electrons. The molecular weight excluding hydrogens is 176 g/mol. The van der Waals surface area contributed by atoms with Gasteiger partial charge in [0.1, 0.15) is 0 Å². The van der Waals surface area contributed by atoms with Gasteiger partial charge in [0, 0.05) is 6.61 Å². The average molecular weight is 202 g/mol. The zero-order chi connectivity index (χ0) is 12.0. The fraction of sp³-hybridized carbons (Fsp3) is 0.667. The molecule has 2 nitrogen and oxygen atoms in total. The molecule has 0 amide bonds. The van der Waals surface area contributed by atoms with E-state index in [9.17, 15) is 0 Å². The average Bonchev–Trinajstić information content (AvgIpc) is 2.19. The number of hydrogen-bond donors (Lipinski definition) is 2. The lowest BCUT2D eigenvalue weighted by molar-refractivity contribution is 0.191. The lowest BCUT2D eigenvalue weighted by Crippen LogP contribution is -1.93. The lowest BCUT2D eigenvalue weighted by atomic mass is 10.2. The van der Waals surface area contributed by atoms with Crippen LogP contribution < -0.4 is 0 Å². The number of allylic oxidation sites excluding steroid dienone is 2. The third-order valence-electron chi connectivity index (χ3n) is 1.12. The third-order valence-corrected chi connectivity index (χ3v) is 1.12. The molecule has 0 aromatic heterocycles. The Kier molecular flexibility index (Phi) is 24.8. The minimum absolute atomic E-state index is 0.116. The van der Waals surface area contributed by atoms with E-state index in [4.69, 9.17) is 10.2 Å². The SMILES string of the molecule is C=CC=C.CC(C)CO.CCC(C)O. The van der Waals surface area contributed by atoms with Crippen molar-refractivity contribution < 1.29 is 10.2 Å². The zero-order valence-electron chi connectivity index (χ0n) is 10.0. The second-order valence-electron chi connectivity index (χ2n) is 3.31. The van der Waals surface area contributed by atoms with Gasteiger partial charge in [-0.1, -0.05) is 46.1 Å². The number of aliphatic hydroxyl groups excluding tert-OH is 2. The summed E-state index contributed by atoms with van der Waals surface area (Å²) in [6, 6.07) is 0. The van der Waals surface area contributed by atoms with Gasteiger partial charge >= 0.3 is 0 Å². The van der Waals surface area contributed by atoms with Crippen molar-refractivity contribution in [1.29, 1.82) is 0 Å². The van der Waals surface area contributed by atoms with E-state index in [0.717, 1.165) is 6.42 Å². The van der Waals surface area contributed by atoms with Crippen LogP contribution in [-0.2, 0) is 0 Å². The van der Waals surface area contributed by atoms with Gasteiger partial charge in [-0.25, -0.2) is 0 Å². The Morgan fingerprint density at radius 3 is 1.36 bits per heavy atom. The summed E-state index contributed by atoms with van der Waals surface area (Å²) in [6.07, 6.45) is 4.02. The predicted molar refractivity (Wildman–Crippen MR) is 64.3 cm³/mol. The quantitative estimate of drug-likeness (QED) is 0.691. The summed E-state index contributed by atoms with van der Waals surface area (Å²) >= 11 is 0. The molecule has 14 heavy (non-hydrogen) atoms. The summed E-state index contributed by atoms with van der Waals surface area (Å²) < 4.78 is 0. The topological polar surface area (TPSA) is 40.5 Å². The molecule has 1 atom stereocenters. The summed E-state index contributed by atoms with van der Waals surface area (Å²) in [7, 11) is 0. The molecule has 0 aromatic rings. The van der Waals surface area contributed by atoms with Crippen molar-refractivity contribution in [3.8, 4) is 0 Å². The van der Waals surface area contributed by atoms with Crippen LogP contribution in [0.4, 0.5) is 0 Å². The highest BCUT2D eigenvalue weighted by atomic mass is 16.3. The number of aliphatic hydroxyl groups is 2. The van der Waals surface area contributed by atoms with Gasteiger partial charge in [-0.3, -0.25) is 0 Å². The van der Waals surface area contributed by atoms with E-state index >= 15 is 0 Å². The Morgan fingerprint density at radius 2 is 1.36 bits per heavy atom. The summed E-state index contributed by atoms with van der Waals surface area (Å²) in [6.45, 7) is 14.7. The highest BCUT2D eigenvalue weighted by molar-refractivity contribution is 4.88. The minimum atomic E-state index is -0.116. The number of rotatable bonds is 3. The molecule has 0 saturated carbocycles. The second kappa shape index (κ2) is 18.2. The summed E-state index contributed by atoms with van der Waals surface area (Å²) in [5.41, 5.74) is 0. The highest BCUT2D eigenvalue weighted by Crippen LogP contribution is 1.83. The van der Waals surface area contributed by atoms with Crippen molar-refractivity contribution in [1.82, 2.24) is 0 Å². The van der Waals surface area contributed by atoms with Crippen LogP contribution in [0, 0.1) is 5.92 Å². The normalized spacial score (nSPS) is 10.2. The monoisotopic (exact) mass is 202 g/mol. The zero-order valence-corrected chi connectivity index (χ0v) is 10.0. The maximum absolute atomic E-state index is 8.36. The van der Waals surface area contributed by atoms with Crippen molar-refractivity contribution in [3.05, 3.63) is 25.3 Å². The molecule has 0 fully saturated rings. The molecule has 0 aliphatic heterocycles. The lowest BCUT2D eigenvalue weighted by Gasteiger charge is -1.90. The Hall–Kier alpha value is -0.600. The fourth-order valence-corrected chi connectivity index (χ4v) is 0. The van der Waals surface area contributed by atoms with Gasteiger partial charge in [-0.2, -0.15) is 0 Å². The Morgan fingerprint density at radius 1 is 1.14 bits per heavy atom. The van der Waals surface area contributed by atoms with Crippen LogP contribution in [0.25, 0.3) is 0 Å². The molecule has 0 saturated heterocycles. The van der Waals surface area contributed by atoms with Crippen LogP contribution in [0.5, 0.6) is 0 Å². The first-order valence-electron chi connectivity index (χ1n) is 4.98. The first kappa shape index (κ1) is 19.0.